The van der Waals surface area contributed by atoms with E-state index in [1.54, 1.807) is 12.1 Å². The zero-order valence-electron chi connectivity index (χ0n) is 12.0. The normalized spacial score (nSPS) is 22.9. The Morgan fingerprint density at radius 2 is 1.84 bits per heavy atom. The first-order chi connectivity index (χ1) is 9.10. The lowest BCUT2D eigenvalue weighted by Crippen LogP contribution is -2.28. The predicted molar refractivity (Wildman–Crippen MR) is 77.4 cm³/mol. The zero-order chi connectivity index (χ0) is 13.8. The summed E-state index contributed by atoms with van der Waals surface area (Å²) in [4.78, 5) is 2.46. The zero-order valence-corrected chi connectivity index (χ0v) is 12.0. The number of rotatable bonds is 3. The number of hydrogen-bond acceptors (Lipinski definition) is 3. The monoisotopic (exact) mass is 263 g/mol. The van der Waals surface area contributed by atoms with Crippen LogP contribution in [0.25, 0.3) is 0 Å². The van der Waals surface area contributed by atoms with Gasteiger partial charge in [0.2, 0.25) is 0 Å². The van der Waals surface area contributed by atoms with Gasteiger partial charge in [-0.05, 0) is 62.9 Å². The van der Waals surface area contributed by atoms with Gasteiger partial charge in [-0.3, -0.25) is 4.90 Å². The highest BCUT2D eigenvalue weighted by molar-refractivity contribution is 5.38. The van der Waals surface area contributed by atoms with Crippen molar-refractivity contribution in [3.63, 3.8) is 0 Å². The summed E-state index contributed by atoms with van der Waals surface area (Å²) in [6.45, 7) is 6.64. The third-order valence-corrected chi connectivity index (χ3v) is 4.41. The second kappa shape index (κ2) is 6.29. The van der Waals surface area contributed by atoms with Gasteiger partial charge in [0.25, 0.3) is 0 Å². The Labute approximate surface area is 115 Å². The standard InChI is InChI=1S/C16H25NO2/c1-3-13-5-4-7-17(8-6-13)12(2)14-9-15(18)11-16(19)10-14/h9-13,18-19H,3-8H2,1-2H3. The van der Waals surface area contributed by atoms with Crippen molar-refractivity contribution in [2.75, 3.05) is 13.1 Å². The minimum Gasteiger partial charge on any atom is -0.508 e. The van der Waals surface area contributed by atoms with Gasteiger partial charge in [-0.1, -0.05) is 13.3 Å². The summed E-state index contributed by atoms with van der Waals surface area (Å²) in [5.74, 6) is 1.14. The highest BCUT2D eigenvalue weighted by Gasteiger charge is 2.21. The number of likely N-dealkylation sites (tertiary alicyclic amines) is 1. The third kappa shape index (κ3) is 3.63. The van der Waals surface area contributed by atoms with E-state index in [9.17, 15) is 10.2 Å². The molecule has 0 spiro atoms. The van der Waals surface area contributed by atoms with Crippen molar-refractivity contribution in [2.45, 2.75) is 45.6 Å². The van der Waals surface area contributed by atoms with Crippen molar-refractivity contribution in [3.05, 3.63) is 23.8 Å². The molecule has 2 unspecified atom stereocenters. The van der Waals surface area contributed by atoms with Crippen LogP contribution in [0.1, 0.15) is 51.1 Å². The topological polar surface area (TPSA) is 43.7 Å². The summed E-state index contributed by atoms with van der Waals surface area (Å²) in [5.41, 5.74) is 0.993. The lowest BCUT2D eigenvalue weighted by atomic mass is 9.98. The lowest BCUT2D eigenvalue weighted by molar-refractivity contribution is 0.215. The van der Waals surface area contributed by atoms with E-state index in [-0.39, 0.29) is 17.5 Å². The molecule has 3 nitrogen and oxygen atoms in total. The van der Waals surface area contributed by atoms with Crippen LogP contribution in [0.2, 0.25) is 0 Å². The molecule has 2 N–H and O–H groups in total. The molecule has 1 fully saturated rings. The Kier molecular flexibility index (Phi) is 4.70. The first-order valence-corrected chi connectivity index (χ1v) is 7.37. The Morgan fingerprint density at radius 3 is 2.47 bits per heavy atom. The van der Waals surface area contributed by atoms with Gasteiger partial charge in [-0.15, -0.1) is 0 Å². The average molecular weight is 263 g/mol. The first kappa shape index (κ1) is 14.2. The molecular weight excluding hydrogens is 238 g/mol. The molecule has 2 rings (SSSR count). The summed E-state index contributed by atoms with van der Waals surface area (Å²) < 4.78 is 0. The van der Waals surface area contributed by atoms with Crippen LogP contribution >= 0.6 is 0 Å². The van der Waals surface area contributed by atoms with Gasteiger partial charge in [-0.2, -0.15) is 0 Å². The maximum absolute atomic E-state index is 9.60. The predicted octanol–water partition coefficient (Wildman–Crippen LogP) is 3.67. The molecule has 3 heteroatoms. The number of benzene rings is 1. The van der Waals surface area contributed by atoms with Crippen molar-refractivity contribution in [2.24, 2.45) is 5.92 Å². The molecule has 19 heavy (non-hydrogen) atoms. The van der Waals surface area contributed by atoms with Gasteiger partial charge < -0.3 is 10.2 Å². The van der Waals surface area contributed by atoms with Crippen LogP contribution in [-0.4, -0.2) is 28.2 Å². The number of phenolic OH excluding ortho intramolecular Hbond substituents is 2. The van der Waals surface area contributed by atoms with Crippen LogP contribution in [0.3, 0.4) is 0 Å². The summed E-state index contributed by atoms with van der Waals surface area (Å²) in [6.07, 6.45) is 5.10. The second-order valence-corrected chi connectivity index (χ2v) is 5.70. The summed E-state index contributed by atoms with van der Waals surface area (Å²) in [7, 11) is 0. The Hall–Kier alpha value is -1.22. The molecule has 0 saturated carbocycles. The molecule has 0 aromatic heterocycles. The maximum atomic E-state index is 9.60. The summed E-state index contributed by atoms with van der Waals surface area (Å²) in [5, 5.41) is 19.2. The van der Waals surface area contributed by atoms with Crippen LogP contribution in [0, 0.1) is 5.92 Å². The third-order valence-electron chi connectivity index (χ3n) is 4.41. The summed E-state index contributed by atoms with van der Waals surface area (Å²) in [6, 6.07) is 5.14. The first-order valence-electron chi connectivity index (χ1n) is 7.37. The van der Waals surface area contributed by atoms with Crippen LogP contribution in [0.5, 0.6) is 11.5 Å². The van der Waals surface area contributed by atoms with Crippen molar-refractivity contribution in [1.29, 1.82) is 0 Å². The van der Waals surface area contributed by atoms with E-state index in [2.05, 4.69) is 18.7 Å². The lowest BCUT2D eigenvalue weighted by Gasteiger charge is -2.28. The SMILES string of the molecule is CCC1CCCN(C(C)c2cc(O)cc(O)c2)CC1. The average Bonchev–Trinajstić information content (AvgIpc) is 2.61. The van der Waals surface area contributed by atoms with Crippen molar-refractivity contribution >= 4 is 0 Å². The highest BCUT2D eigenvalue weighted by Crippen LogP contribution is 2.30. The Bertz CT molecular complexity index is 399. The fourth-order valence-electron chi connectivity index (χ4n) is 3.05. The smallest absolute Gasteiger partial charge is 0.119 e. The minimum absolute atomic E-state index is 0.142. The number of nitrogens with zero attached hydrogens (tertiary/aromatic N) is 1. The van der Waals surface area contributed by atoms with Crippen LogP contribution in [0.15, 0.2) is 18.2 Å². The minimum atomic E-state index is 0.142. The van der Waals surface area contributed by atoms with Gasteiger partial charge in [0, 0.05) is 12.1 Å². The molecule has 0 bridgehead atoms. The van der Waals surface area contributed by atoms with Crippen LogP contribution in [0.4, 0.5) is 0 Å². The van der Waals surface area contributed by atoms with E-state index in [0.29, 0.717) is 0 Å². The number of phenols is 2. The van der Waals surface area contributed by atoms with E-state index in [1.807, 2.05) is 0 Å². The quantitative estimate of drug-likeness (QED) is 0.874. The second-order valence-electron chi connectivity index (χ2n) is 5.70. The van der Waals surface area contributed by atoms with E-state index in [0.717, 1.165) is 24.6 Å². The molecule has 0 aliphatic carbocycles. The molecule has 1 aromatic carbocycles. The van der Waals surface area contributed by atoms with Crippen molar-refractivity contribution in [1.82, 2.24) is 4.90 Å². The molecule has 0 amide bonds. The highest BCUT2D eigenvalue weighted by atomic mass is 16.3. The molecule has 1 aliphatic heterocycles. The number of hydrogen-bond donors (Lipinski definition) is 2. The fraction of sp³-hybridized carbons (Fsp3) is 0.625. The largest absolute Gasteiger partial charge is 0.508 e. The molecule has 1 heterocycles. The molecule has 0 radical (unpaired) electrons. The van der Waals surface area contributed by atoms with Gasteiger partial charge in [0.15, 0.2) is 0 Å². The van der Waals surface area contributed by atoms with Gasteiger partial charge in [0.1, 0.15) is 11.5 Å². The van der Waals surface area contributed by atoms with Crippen molar-refractivity contribution in [3.8, 4) is 11.5 Å². The number of aromatic hydroxyl groups is 2. The van der Waals surface area contributed by atoms with Crippen LogP contribution in [-0.2, 0) is 0 Å². The molecule has 1 aliphatic rings. The van der Waals surface area contributed by atoms with Gasteiger partial charge in [0.05, 0.1) is 0 Å². The maximum Gasteiger partial charge on any atom is 0.119 e. The van der Waals surface area contributed by atoms with E-state index < -0.39 is 0 Å². The molecule has 106 valence electrons. The Morgan fingerprint density at radius 1 is 1.16 bits per heavy atom. The Balaban J connectivity index is 2.08. The van der Waals surface area contributed by atoms with E-state index in [4.69, 9.17) is 0 Å². The molecular formula is C16H25NO2. The molecule has 2 atom stereocenters. The van der Waals surface area contributed by atoms with E-state index in [1.165, 1.54) is 31.7 Å². The van der Waals surface area contributed by atoms with Crippen molar-refractivity contribution < 1.29 is 10.2 Å². The van der Waals surface area contributed by atoms with E-state index >= 15 is 0 Å². The summed E-state index contributed by atoms with van der Waals surface area (Å²) >= 11 is 0. The van der Waals surface area contributed by atoms with Crippen LogP contribution < -0.4 is 0 Å². The molecule has 1 aromatic rings. The molecule has 1 saturated heterocycles. The fourth-order valence-corrected chi connectivity index (χ4v) is 3.05. The van der Waals surface area contributed by atoms with Gasteiger partial charge >= 0.3 is 0 Å². The van der Waals surface area contributed by atoms with Gasteiger partial charge in [-0.25, -0.2) is 0 Å².